The quantitative estimate of drug-likeness (QED) is 0.807. The predicted molar refractivity (Wildman–Crippen MR) is 83.0 cm³/mol. The van der Waals surface area contributed by atoms with Crippen molar-refractivity contribution in [1.82, 2.24) is 20.2 Å². The van der Waals surface area contributed by atoms with Crippen molar-refractivity contribution in [2.24, 2.45) is 0 Å². The number of nitrogens with zero attached hydrogens (tertiary/aromatic N) is 4. The first-order valence-electron chi connectivity index (χ1n) is 6.98. The van der Waals surface area contributed by atoms with Crippen LogP contribution in [0.15, 0.2) is 42.5 Å². The Kier molecular flexibility index (Phi) is 3.84. The van der Waals surface area contributed by atoms with Crippen molar-refractivity contribution in [1.29, 1.82) is 0 Å². The molecular weight excluding hydrogens is 297 g/mol. The smallest absolute Gasteiger partial charge is 0.297 e. The van der Waals surface area contributed by atoms with Gasteiger partial charge in [-0.15, -0.1) is 15.0 Å². The van der Waals surface area contributed by atoms with Crippen molar-refractivity contribution in [3.05, 3.63) is 65.2 Å². The average Bonchev–Trinajstić information content (AvgIpc) is 3.02. The van der Waals surface area contributed by atoms with Gasteiger partial charge in [-0.25, -0.2) is 4.39 Å². The van der Waals surface area contributed by atoms with Crippen LogP contribution in [0.1, 0.15) is 21.7 Å². The molecule has 1 heterocycles. The third-order valence-electron chi connectivity index (χ3n) is 3.53. The van der Waals surface area contributed by atoms with E-state index in [-0.39, 0.29) is 11.6 Å². The molecule has 3 aromatic rings. The van der Waals surface area contributed by atoms with Gasteiger partial charge in [-0.3, -0.25) is 4.79 Å². The van der Waals surface area contributed by atoms with E-state index in [4.69, 9.17) is 0 Å². The van der Waals surface area contributed by atoms with E-state index in [0.717, 1.165) is 11.1 Å². The number of nitrogens with one attached hydrogen (secondary N) is 1. The van der Waals surface area contributed by atoms with Gasteiger partial charge in [-0.05, 0) is 60.5 Å². The summed E-state index contributed by atoms with van der Waals surface area (Å²) >= 11 is 0. The van der Waals surface area contributed by atoms with Crippen LogP contribution in [0.2, 0.25) is 0 Å². The van der Waals surface area contributed by atoms with Gasteiger partial charge in [0, 0.05) is 5.69 Å². The van der Waals surface area contributed by atoms with Crippen LogP contribution >= 0.6 is 0 Å². The van der Waals surface area contributed by atoms with Crippen molar-refractivity contribution in [3.63, 3.8) is 0 Å². The van der Waals surface area contributed by atoms with Crippen molar-refractivity contribution >= 4 is 11.6 Å². The number of aromatic nitrogens is 4. The molecule has 0 saturated heterocycles. The number of aryl methyl sites for hydroxylation is 1. The first-order chi connectivity index (χ1) is 11.0. The lowest BCUT2D eigenvalue weighted by molar-refractivity contribution is 0.101. The molecule has 6 nitrogen and oxygen atoms in total. The first-order valence-corrected chi connectivity index (χ1v) is 6.98. The molecule has 0 aliphatic heterocycles. The largest absolute Gasteiger partial charge is 0.319 e. The summed E-state index contributed by atoms with van der Waals surface area (Å²) in [6, 6.07) is 11.2. The lowest BCUT2D eigenvalue weighted by atomic mass is 10.1. The minimum absolute atomic E-state index is 0.0600. The number of amides is 1. The predicted octanol–water partition coefficient (Wildman–Crippen LogP) is 2.67. The lowest BCUT2D eigenvalue weighted by Gasteiger charge is -2.08. The molecular formula is C16H14FN5O. The highest BCUT2D eigenvalue weighted by atomic mass is 19.1. The Bertz CT molecular complexity index is 857. The van der Waals surface area contributed by atoms with Gasteiger partial charge in [0.25, 0.3) is 11.7 Å². The molecule has 1 N–H and O–H groups in total. The van der Waals surface area contributed by atoms with Crippen molar-refractivity contribution in [2.75, 3.05) is 5.32 Å². The maximum absolute atomic E-state index is 12.9. The van der Waals surface area contributed by atoms with E-state index in [1.807, 2.05) is 32.0 Å². The van der Waals surface area contributed by atoms with Crippen LogP contribution in [0.5, 0.6) is 0 Å². The number of carbonyl (C=O) groups excluding carboxylic acids is 1. The molecule has 0 aliphatic carbocycles. The van der Waals surface area contributed by atoms with Gasteiger partial charge in [0.15, 0.2) is 0 Å². The van der Waals surface area contributed by atoms with Gasteiger partial charge < -0.3 is 5.32 Å². The Labute approximate surface area is 132 Å². The molecule has 1 aromatic heterocycles. The molecule has 0 bridgehead atoms. The lowest BCUT2D eigenvalue weighted by Crippen LogP contribution is -2.15. The Balaban J connectivity index is 1.81. The van der Waals surface area contributed by atoms with E-state index in [0.29, 0.717) is 11.4 Å². The summed E-state index contributed by atoms with van der Waals surface area (Å²) < 4.78 is 12.9. The zero-order valence-corrected chi connectivity index (χ0v) is 12.6. The summed E-state index contributed by atoms with van der Waals surface area (Å²) in [5, 5.41) is 14.3. The van der Waals surface area contributed by atoms with Gasteiger partial charge in [0.1, 0.15) is 5.82 Å². The molecule has 116 valence electrons. The van der Waals surface area contributed by atoms with Gasteiger partial charge in [-0.2, -0.15) is 0 Å². The molecule has 2 aromatic carbocycles. The van der Waals surface area contributed by atoms with Crippen molar-refractivity contribution < 1.29 is 9.18 Å². The number of tetrazole rings is 1. The number of rotatable bonds is 3. The van der Waals surface area contributed by atoms with Crippen LogP contribution in [-0.4, -0.2) is 26.1 Å². The normalized spacial score (nSPS) is 10.6. The van der Waals surface area contributed by atoms with E-state index < -0.39 is 5.91 Å². The molecule has 3 rings (SSSR count). The molecule has 1 amide bonds. The SMILES string of the molecule is Cc1cccc(NC(=O)c2nnn(-c3ccc(F)cc3)n2)c1C. The summed E-state index contributed by atoms with van der Waals surface area (Å²) in [5.74, 6) is -0.871. The van der Waals surface area contributed by atoms with Gasteiger partial charge in [0.05, 0.1) is 5.69 Å². The molecule has 0 spiro atoms. The second-order valence-corrected chi connectivity index (χ2v) is 5.08. The summed E-state index contributed by atoms with van der Waals surface area (Å²) in [6.45, 7) is 3.89. The number of hydrogen-bond acceptors (Lipinski definition) is 4. The second kappa shape index (κ2) is 5.96. The van der Waals surface area contributed by atoms with Gasteiger partial charge in [0.2, 0.25) is 0 Å². The minimum Gasteiger partial charge on any atom is -0.319 e. The molecule has 0 atom stereocenters. The number of carbonyl (C=O) groups is 1. The standard InChI is InChI=1S/C16H14FN5O/c1-10-4-3-5-14(11(10)2)18-16(23)15-19-21-22(20-15)13-8-6-12(17)7-9-13/h3-9H,1-2H3,(H,18,23). The Morgan fingerprint density at radius 2 is 1.87 bits per heavy atom. The monoisotopic (exact) mass is 311 g/mol. The third-order valence-corrected chi connectivity index (χ3v) is 3.53. The highest BCUT2D eigenvalue weighted by Gasteiger charge is 2.15. The number of hydrogen-bond donors (Lipinski definition) is 1. The number of anilines is 1. The van der Waals surface area contributed by atoms with E-state index in [9.17, 15) is 9.18 Å². The molecule has 0 saturated carbocycles. The summed E-state index contributed by atoms with van der Waals surface area (Å²) in [4.78, 5) is 13.4. The van der Waals surface area contributed by atoms with Crippen molar-refractivity contribution in [3.8, 4) is 5.69 Å². The van der Waals surface area contributed by atoms with Gasteiger partial charge in [-0.1, -0.05) is 12.1 Å². The van der Waals surface area contributed by atoms with E-state index in [1.165, 1.54) is 29.1 Å². The van der Waals surface area contributed by atoms with Crippen LogP contribution in [0, 0.1) is 19.7 Å². The first kappa shape index (κ1) is 14.8. The highest BCUT2D eigenvalue weighted by Crippen LogP contribution is 2.18. The molecule has 23 heavy (non-hydrogen) atoms. The highest BCUT2D eigenvalue weighted by molar-refractivity contribution is 6.01. The van der Waals surface area contributed by atoms with Crippen LogP contribution in [0.4, 0.5) is 10.1 Å². The minimum atomic E-state index is -0.452. The topological polar surface area (TPSA) is 72.7 Å². The van der Waals surface area contributed by atoms with Crippen LogP contribution in [-0.2, 0) is 0 Å². The maximum Gasteiger partial charge on any atom is 0.297 e. The van der Waals surface area contributed by atoms with Crippen LogP contribution in [0.25, 0.3) is 5.69 Å². The van der Waals surface area contributed by atoms with Gasteiger partial charge >= 0.3 is 0 Å². The molecule has 0 fully saturated rings. The molecule has 7 heteroatoms. The summed E-state index contributed by atoms with van der Waals surface area (Å²) in [5.41, 5.74) is 3.27. The fourth-order valence-electron chi connectivity index (χ4n) is 2.05. The average molecular weight is 311 g/mol. The van der Waals surface area contributed by atoms with Crippen LogP contribution in [0.3, 0.4) is 0 Å². The zero-order chi connectivity index (χ0) is 16.4. The summed E-state index contributed by atoms with van der Waals surface area (Å²) in [6.07, 6.45) is 0. The zero-order valence-electron chi connectivity index (χ0n) is 12.6. The number of benzene rings is 2. The fourth-order valence-corrected chi connectivity index (χ4v) is 2.05. The number of halogens is 1. The van der Waals surface area contributed by atoms with E-state index in [1.54, 1.807) is 0 Å². The molecule has 0 radical (unpaired) electrons. The Morgan fingerprint density at radius 3 is 2.61 bits per heavy atom. The Hall–Kier alpha value is -3.09. The van der Waals surface area contributed by atoms with E-state index >= 15 is 0 Å². The summed E-state index contributed by atoms with van der Waals surface area (Å²) in [7, 11) is 0. The molecule has 0 aliphatic rings. The van der Waals surface area contributed by atoms with Crippen LogP contribution < -0.4 is 5.32 Å². The molecule has 0 unspecified atom stereocenters. The Morgan fingerprint density at radius 1 is 1.13 bits per heavy atom. The fraction of sp³-hybridized carbons (Fsp3) is 0.125. The maximum atomic E-state index is 12.9. The second-order valence-electron chi connectivity index (χ2n) is 5.08. The van der Waals surface area contributed by atoms with E-state index in [2.05, 4.69) is 20.7 Å². The third kappa shape index (κ3) is 3.08. The van der Waals surface area contributed by atoms with Crippen molar-refractivity contribution in [2.45, 2.75) is 13.8 Å².